The van der Waals surface area contributed by atoms with E-state index in [1.807, 2.05) is 0 Å². The molecule has 0 aliphatic carbocycles. The summed E-state index contributed by atoms with van der Waals surface area (Å²) in [5.74, 6) is -2.04. The van der Waals surface area contributed by atoms with E-state index in [0.717, 1.165) is 0 Å². The van der Waals surface area contributed by atoms with Gasteiger partial charge >= 0.3 is 5.97 Å². The number of aromatic nitrogens is 1. The number of ketones is 1. The van der Waals surface area contributed by atoms with Crippen LogP contribution in [0.25, 0.3) is 0 Å². The number of nitrogens with zero attached hydrogens (tertiary/aromatic N) is 1. The van der Waals surface area contributed by atoms with Gasteiger partial charge in [0.1, 0.15) is 11.2 Å². The maximum absolute atomic E-state index is 12.6. The summed E-state index contributed by atoms with van der Waals surface area (Å²) in [6.07, 6.45) is 1.56. The van der Waals surface area contributed by atoms with Crippen molar-refractivity contribution in [1.29, 1.82) is 0 Å². The SMILES string of the molecule is O=C(NC(Cc1ccc(CC(=O)c2c(Cl)cccc2Cl)cc1)C(=O)O)c1cccnc1Cl. The third kappa shape index (κ3) is 5.85. The van der Waals surface area contributed by atoms with Crippen molar-refractivity contribution in [1.82, 2.24) is 10.3 Å². The molecule has 3 aromatic rings. The summed E-state index contributed by atoms with van der Waals surface area (Å²) in [7, 11) is 0. The Kier molecular flexibility index (Phi) is 7.85. The minimum atomic E-state index is -1.19. The lowest BCUT2D eigenvalue weighted by Gasteiger charge is -2.15. The quantitative estimate of drug-likeness (QED) is 0.345. The molecule has 6 nitrogen and oxygen atoms in total. The Morgan fingerprint density at radius 1 is 0.906 bits per heavy atom. The molecule has 1 atom stereocenters. The van der Waals surface area contributed by atoms with Crippen LogP contribution in [0.4, 0.5) is 0 Å². The lowest BCUT2D eigenvalue weighted by Crippen LogP contribution is -2.42. The van der Waals surface area contributed by atoms with E-state index >= 15 is 0 Å². The molecule has 0 saturated carbocycles. The van der Waals surface area contributed by atoms with Gasteiger partial charge in [-0.05, 0) is 35.4 Å². The van der Waals surface area contributed by atoms with Gasteiger partial charge in [0.25, 0.3) is 5.91 Å². The van der Waals surface area contributed by atoms with E-state index in [-0.39, 0.29) is 45.0 Å². The Bertz CT molecular complexity index is 1150. The zero-order valence-electron chi connectivity index (χ0n) is 16.5. The molecule has 0 radical (unpaired) electrons. The van der Waals surface area contributed by atoms with Gasteiger partial charge in [-0.15, -0.1) is 0 Å². The maximum Gasteiger partial charge on any atom is 0.326 e. The summed E-state index contributed by atoms with van der Waals surface area (Å²) < 4.78 is 0. The highest BCUT2D eigenvalue weighted by Gasteiger charge is 2.23. The third-order valence-corrected chi connectivity index (χ3v) is 5.61. The zero-order valence-corrected chi connectivity index (χ0v) is 18.8. The molecule has 9 heteroatoms. The van der Waals surface area contributed by atoms with E-state index < -0.39 is 17.9 Å². The Balaban J connectivity index is 1.68. The van der Waals surface area contributed by atoms with Crippen LogP contribution >= 0.6 is 34.8 Å². The number of nitrogens with one attached hydrogen (secondary N) is 1. The second-order valence-corrected chi connectivity index (χ2v) is 8.10. The number of benzene rings is 2. The molecule has 32 heavy (non-hydrogen) atoms. The molecule has 1 heterocycles. The van der Waals surface area contributed by atoms with Crippen LogP contribution in [0, 0.1) is 0 Å². The smallest absolute Gasteiger partial charge is 0.326 e. The Labute approximate surface area is 199 Å². The number of halogens is 3. The largest absolute Gasteiger partial charge is 0.480 e. The van der Waals surface area contributed by atoms with Gasteiger partial charge in [-0.25, -0.2) is 9.78 Å². The summed E-state index contributed by atoms with van der Waals surface area (Å²) in [5.41, 5.74) is 1.74. The second-order valence-electron chi connectivity index (χ2n) is 6.92. The average molecular weight is 492 g/mol. The fourth-order valence-electron chi connectivity index (χ4n) is 3.06. The molecule has 164 valence electrons. The zero-order chi connectivity index (χ0) is 23.3. The second kappa shape index (κ2) is 10.6. The molecule has 0 aliphatic heterocycles. The number of amides is 1. The molecule has 3 rings (SSSR count). The van der Waals surface area contributed by atoms with Crippen LogP contribution in [-0.4, -0.2) is 33.8 Å². The number of carbonyl (C=O) groups is 3. The number of carboxylic acids is 1. The van der Waals surface area contributed by atoms with Gasteiger partial charge in [-0.1, -0.05) is 65.1 Å². The molecular formula is C23H17Cl3N2O4. The van der Waals surface area contributed by atoms with Crippen LogP contribution < -0.4 is 5.32 Å². The number of hydrogen-bond donors (Lipinski definition) is 2. The minimum Gasteiger partial charge on any atom is -0.480 e. The van der Waals surface area contributed by atoms with Crippen molar-refractivity contribution in [2.24, 2.45) is 0 Å². The lowest BCUT2D eigenvalue weighted by molar-refractivity contribution is -0.139. The molecule has 2 aromatic carbocycles. The van der Waals surface area contributed by atoms with Gasteiger partial charge in [0.15, 0.2) is 5.78 Å². The van der Waals surface area contributed by atoms with Crippen molar-refractivity contribution in [3.8, 4) is 0 Å². The molecule has 0 bridgehead atoms. The molecule has 0 aliphatic rings. The Morgan fingerprint density at radius 3 is 2.12 bits per heavy atom. The Morgan fingerprint density at radius 2 is 1.53 bits per heavy atom. The van der Waals surface area contributed by atoms with Crippen LogP contribution in [0.15, 0.2) is 60.8 Å². The van der Waals surface area contributed by atoms with Crippen molar-refractivity contribution < 1.29 is 19.5 Å². The van der Waals surface area contributed by atoms with Gasteiger partial charge in [-0.3, -0.25) is 9.59 Å². The van der Waals surface area contributed by atoms with Gasteiger partial charge in [0.2, 0.25) is 0 Å². The first-order valence-electron chi connectivity index (χ1n) is 9.45. The van der Waals surface area contributed by atoms with Gasteiger partial charge < -0.3 is 10.4 Å². The molecule has 2 N–H and O–H groups in total. The molecule has 1 aromatic heterocycles. The molecule has 0 saturated heterocycles. The number of pyridine rings is 1. The summed E-state index contributed by atoms with van der Waals surface area (Å²) >= 11 is 18.1. The number of rotatable bonds is 8. The third-order valence-electron chi connectivity index (χ3n) is 4.68. The monoisotopic (exact) mass is 490 g/mol. The number of Topliss-reactive ketones (excluding diaryl/α,β-unsaturated/α-hetero) is 1. The average Bonchev–Trinajstić information content (AvgIpc) is 2.74. The van der Waals surface area contributed by atoms with E-state index in [1.165, 1.54) is 18.3 Å². The highest BCUT2D eigenvalue weighted by atomic mass is 35.5. The number of carbonyl (C=O) groups excluding carboxylic acids is 2. The normalized spacial score (nSPS) is 11.6. The van der Waals surface area contributed by atoms with E-state index in [2.05, 4.69) is 10.3 Å². The van der Waals surface area contributed by atoms with E-state index in [9.17, 15) is 19.5 Å². The highest BCUT2D eigenvalue weighted by molar-refractivity contribution is 6.39. The summed E-state index contributed by atoms with van der Waals surface area (Å²) in [6.45, 7) is 0. The first kappa shape index (κ1) is 23.7. The number of carboxylic acid groups (broad SMARTS) is 1. The van der Waals surface area contributed by atoms with Crippen molar-refractivity contribution >= 4 is 52.5 Å². The van der Waals surface area contributed by atoms with Gasteiger partial charge in [-0.2, -0.15) is 0 Å². The summed E-state index contributed by atoms with van der Waals surface area (Å²) in [5, 5.41) is 12.5. The first-order valence-corrected chi connectivity index (χ1v) is 10.6. The number of hydrogen-bond acceptors (Lipinski definition) is 4. The van der Waals surface area contributed by atoms with Crippen molar-refractivity contribution in [2.45, 2.75) is 18.9 Å². The first-order chi connectivity index (χ1) is 15.3. The topological polar surface area (TPSA) is 96.4 Å². The van der Waals surface area contributed by atoms with E-state index in [4.69, 9.17) is 34.8 Å². The fourth-order valence-corrected chi connectivity index (χ4v) is 3.87. The minimum absolute atomic E-state index is 0.0122. The van der Waals surface area contributed by atoms with E-state index in [0.29, 0.717) is 11.1 Å². The van der Waals surface area contributed by atoms with E-state index in [1.54, 1.807) is 42.5 Å². The molecular weight excluding hydrogens is 475 g/mol. The van der Waals surface area contributed by atoms with Gasteiger partial charge in [0, 0.05) is 19.0 Å². The fraction of sp³-hybridized carbons (Fsp3) is 0.130. The van der Waals surface area contributed by atoms with Crippen LogP contribution in [-0.2, 0) is 17.6 Å². The van der Waals surface area contributed by atoms with Crippen LogP contribution in [0.1, 0.15) is 31.8 Å². The van der Waals surface area contributed by atoms with Crippen LogP contribution in [0.3, 0.4) is 0 Å². The van der Waals surface area contributed by atoms with Crippen molar-refractivity contribution in [2.75, 3.05) is 0 Å². The predicted octanol–water partition coefficient (Wildman–Crippen LogP) is 4.89. The summed E-state index contributed by atoms with van der Waals surface area (Å²) in [4.78, 5) is 40.4. The Hall–Kier alpha value is -2.93. The molecule has 0 fully saturated rings. The van der Waals surface area contributed by atoms with Crippen molar-refractivity contribution in [3.05, 3.63) is 98.2 Å². The predicted molar refractivity (Wildman–Crippen MR) is 123 cm³/mol. The molecule has 1 amide bonds. The number of aliphatic carboxylic acids is 1. The highest BCUT2D eigenvalue weighted by Crippen LogP contribution is 2.26. The van der Waals surface area contributed by atoms with Crippen LogP contribution in [0.5, 0.6) is 0 Å². The lowest BCUT2D eigenvalue weighted by atomic mass is 9.99. The van der Waals surface area contributed by atoms with Crippen molar-refractivity contribution in [3.63, 3.8) is 0 Å². The summed E-state index contributed by atoms with van der Waals surface area (Å²) in [6, 6.07) is 13.5. The van der Waals surface area contributed by atoms with Crippen LogP contribution in [0.2, 0.25) is 15.2 Å². The maximum atomic E-state index is 12.6. The van der Waals surface area contributed by atoms with Gasteiger partial charge in [0.05, 0.1) is 21.2 Å². The molecule has 1 unspecified atom stereocenters. The molecule has 0 spiro atoms. The standard InChI is InChI=1S/C23H17Cl3N2O4/c24-16-4-1-5-17(25)20(16)19(29)12-14-8-6-13(7-9-14)11-18(23(31)32)28-22(30)15-3-2-10-27-21(15)26/h1-10,18H,11-12H2,(H,28,30)(H,31,32).